The zero-order valence-corrected chi connectivity index (χ0v) is 15.3. The number of aromatic nitrogens is 5. The number of nitrogens with one attached hydrogen (secondary N) is 1. The first-order chi connectivity index (χ1) is 12.5. The smallest absolute Gasteiger partial charge is 0.258 e. The van der Waals surface area contributed by atoms with Crippen LogP contribution in [0, 0.1) is 13.8 Å². The molecule has 3 rings (SSSR count). The van der Waals surface area contributed by atoms with Gasteiger partial charge >= 0.3 is 0 Å². The minimum Gasteiger partial charge on any atom is -0.385 e. The van der Waals surface area contributed by atoms with E-state index in [0.717, 1.165) is 13.0 Å². The van der Waals surface area contributed by atoms with Crippen molar-refractivity contribution in [2.24, 2.45) is 0 Å². The number of hydrogen-bond donors (Lipinski definition) is 1. The maximum atomic E-state index is 12.9. The Morgan fingerprint density at radius 2 is 2.23 bits per heavy atom. The molecular formula is C17H22N6O3. The van der Waals surface area contributed by atoms with Crippen molar-refractivity contribution >= 4 is 17.0 Å². The third-order valence-corrected chi connectivity index (χ3v) is 4.12. The van der Waals surface area contributed by atoms with E-state index in [2.05, 4.69) is 25.7 Å². The van der Waals surface area contributed by atoms with Crippen molar-refractivity contribution in [3.05, 3.63) is 35.2 Å². The lowest BCUT2D eigenvalue weighted by Gasteiger charge is -2.15. The Hall–Kier alpha value is -2.81. The van der Waals surface area contributed by atoms with E-state index < -0.39 is 0 Å². The summed E-state index contributed by atoms with van der Waals surface area (Å²) in [4.78, 5) is 17.1. The molecule has 3 aromatic rings. The zero-order chi connectivity index (χ0) is 18.7. The molecule has 0 bridgehead atoms. The van der Waals surface area contributed by atoms with Gasteiger partial charge in [-0.1, -0.05) is 5.16 Å². The van der Waals surface area contributed by atoms with Gasteiger partial charge in [0.15, 0.2) is 5.82 Å². The van der Waals surface area contributed by atoms with E-state index in [1.165, 1.54) is 0 Å². The average Bonchev–Trinajstić information content (AvgIpc) is 3.21. The first-order valence-electron chi connectivity index (χ1n) is 8.42. The molecule has 1 atom stereocenters. The number of carbonyl (C=O) groups is 1. The summed E-state index contributed by atoms with van der Waals surface area (Å²) in [6, 6.07) is 1.42. The molecule has 9 nitrogen and oxygen atoms in total. The molecule has 3 heterocycles. The molecule has 3 aromatic heterocycles. The molecule has 9 heteroatoms. The summed E-state index contributed by atoms with van der Waals surface area (Å²) < 4.78 is 12.2. The molecule has 1 amide bonds. The number of hydrogen-bond acceptors (Lipinski definition) is 7. The van der Waals surface area contributed by atoms with Crippen LogP contribution in [0.5, 0.6) is 0 Å². The topological polar surface area (TPSA) is 108 Å². The molecule has 0 radical (unpaired) electrons. The van der Waals surface area contributed by atoms with Gasteiger partial charge in [-0.3, -0.25) is 4.79 Å². The zero-order valence-electron chi connectivity index (χ0n) is 15.3. The van der Waals surface area contributed by atoms with Crippen LogP contribution >= 0.6 is 0 Å². The third kappa shape index (κ3) is 3.57. The van der Waals surface area contributed by atoms with Gasteiger partial charge in [0.05, 0.1) is 22.7 Å². The van der Waals surface area contributed by atoms with Crippen molar-refractivity contribution < 1.29 is 14.1 Å². The SMILES string of the molecule is COCCCn1cnnc1C(C)NC(=O)c1cc(C)nc2onc(C)c12. The molecule has 0 spiro atoms. The molecule has 0 aliphatic rings. The third-order valence-electron chi connectivity index (χ3n) is 4.12. The van der Waals surface area contributed by atoms with Crippen LogP contribution in [0.25, 0.3) is 11.1 Å². The molecule has 1 unspecified atom stereocenters. The number of amides is 1. The molecule has 26 heavy (non-hydrogen) atoms. The number of ether oxygens (including phenoxy) is 1. The monoisotopic (exact) mass is 358 g/mol. The van der Waals surface area contributed by atoms with Gasteiger partial charge in [-0.2, -0.15) is 0 Å². The highest BCUT2D eigenvalue weighted by Crippen LogP contribution is 2.22. The molecule has 0 saturated heterocycles. The summed E-state index contributed by atoms with van der Waals surface area (Å²) in [6.45, 7) is 6.85. The minimum atomic E-state index is -0.309. The normalized spacial score (nSPS) is 12.5. The lowest BCUT2D eigenvalue weighted by atomic mass is 10.1. The highest BCUT2D eigenvalue weighted by atomic mass is 16.5. The fourth-order valence-electron chi connectivity index (χ4n) is 2.89. The molecule has 0 fully saturated rings. The van der Waals surface area contributed by atoms with Crippen LogP contribution in [0.2, 0.25) is 0 Å². The number of methoxy groups -OCH3 is 1. The number of rotatable bonds is 7. The fraction of sp³-hybridized carbons (Fsp3) is 0.471. The summed E-state index contributed by atoms with van der Waals surface area (Å²) in [7, 11) is 1.67. The largest absolute Gasteiger partial charge is 0.385 e. The maximum Gasteiger partial charge on any atom is 0.258 e. The van der Waals surface area contributed by atoms with Crippen LogP contribution in [-0.4, -0.2) is 44.5 Å². The standard InChI is InChI=1S/C17H22N6O3/c1-10-8-13(14-11(2)22-26-17(14)19-10)16(24)20-12(3)15-21-18-9-23(15)6-5-7-25-4/h8-9,12H,5-7H2,1-4H3,(H,20,24). The summed E-state index contributed by atoms with van der Waals surface area (Å²) >= 11 is 0. The molecule has 138 valence electrons. The second kappa shape index (κ2) is 7.61. The van der Waals surface area contributed by atoms with E-state index in [4.69, 9.17) is 9.26 Å². The fourth-order valence-corrected chi connectivity index (χ4v) is 2.89. The Labute approximate surface area is 150 Å². The van der Waals surface area contributed by atoms with Crippen LogP contribution in [0.1, 0.15) is 47.0 Å². The van der Waals surface area contributed by atoms with Crippen molar-refractivity contribution in [2.45, 2.75) is 39.8 Å². The number of aryl methyl sites for hydroxylation is 3. The Bertz CT molecular complexity index is 917. The Balaban J connectivity index is 1.81. The molecular weight excluding hydrogens is 336 g/mol. The second-order valence-electron chi connectivity index (χ2n) is 6.18. The van der Waals surface area contributed by atoms with Gasteiger partial charge in [-0.15, -0.1) is 10.2 Å². The van der Waals surface area contributed by atoms with Crippen molar-refractivity contribution in [1.82, 2.24) is 30.2 Å². The van der Waals surface area contributed by atoms with Gasteiger partial charge in [0.1, 0.15) is 6.33 Å². The molecule has 0 aromatic carbocycles. The van der Waals surface area contributed by atoms with Gasteiger partial charge < -0.3 is 19.1 Å². The predicted octanol–water partition coefficient (Wildman–Crippen LogP) is 1.96. The maximum absolute atomic E-state index is 12.9. The second-order valence-corrected chi connectivity index (χ2v) is 6.18. The molecule has 0 aliphatic heterocycles. The van der Waals surface area contributed by atoms with Crippen molar-refractivity contribution in [3.8, 4) is 0 Å². The molecule has 1 N–H and O–H groups in total. The van der Waals surface area contributed by atoms with E-state index in [0.29, 0.717) is 40.5 Å². The van der Waals surface area contributed by atoms with E-state index in [-0.39, 0.29) is 11.9 Å². The summed E-state index contributed by atoms with van der Waals surface area (Å²) in [5, 5.41) is 15.6. The highest BCUT2D eigenvalue weighted by Gasteiger charge is 2.21. The van der Waals surface area contributed by atoms with E-state index in [1.54, 1.807) is 26.4 Å². The quantitative estimate of drug-likeness (QED) is 0.643. The number of fused-ring (bicyclic) bond motifs is 1. The number of pyridine rings is 1. The van der Waals surface area contributed by atoms with Gasteiger partial charge in [0.25, 0.3) is 11.6 Å². The van der Waals surface area contributed by atoms with Crippen molar-refractivity contribution in [2.75, 3.05) is 13.7 Å². The molecule has 0 saturated carbocycles. The van der Waals surface area contributed by atoms with Crippen molar-refractivity contribution in [3.63, 3.8) is 0 Å². The summed E-state index contributed by atoms with van der Waals surface area (Å²) in [6.07, 6.45) is 2.50. The van der Waals surface area contributed by atoms with Gasteiger partial charge in [-0.25, -0.2) is 4.98 Å². The first kappa shape index (κ1) is 18.0. The lowest BCUT2D eigenvalue weighted by molar-refractivity contribution is 0.0938. The van der Waals surface area contributed by atoms with E-state index in [9.17, 15) is 4.79 Å². The Kier molecular flexibility index (Phi) is 5.27. The van der Waals surface area contributed by atoms with Gasteiger partial charge in [0.2, 0.25) is 0 Å². The molecule has 0 aliphatic carbocycles. The average molecular weight is 358 g/mol. The summed E-state index contributed by atoms with van der Waals surface area (Å²) in [5.41, 5.74) is 2.17. The van der Waals surface area contributed by atoms with Crippen LogP contribution < -0.4 is 5.32 Å². The summed E-state index contributed by atoms with van der Waals surface area (Å²) in [5.74, 6) is 0.462. The Morgan fingerprint density at radius 1 is 1.42 bits per heavy atom. The van der Waals surface area contributed by atoms with E-state index >= 15 is 0 Å². The van der Waals surface area contributed by atoms with Crippen LogP contribution in [-0.2, 0) is 11.3 Å². The van der Waals surface area contributed by atoms with Crippen LogP contribution in [0.15, 0.2) is 16.9 Å². The minimum absolute atomic E-state index is 0.231. The van der Waals surface area contributed by atoms with Crippen LogP contribution in [0.3, 0.4) is 0 Å². The van der Waals surface area contributed by atoms with E-state index in [1.807, 2.05) is 18.4 Å². The Morgan fingerprint density at radius 3 is 3.00 bits per heavy atom. The number of carbonyl (C=O) groups excluding carboxylic acids is 1. The van der Waals surface area contributed by atoms with Gasteiger partial charge in [0, 0.05) is 26.0 Å². The highest BCUT2D eigenvalue weighted by molar-refractivity contribution is 6.06. The van der Waals surface area contributed by atoms with Gasteiger partial charge in [-0.05, 0) is 33.3 Å². The lowest BCUT2D eigenvalue weighted by Crippen LogP contribution is -2.29. The first-order valence-corrected chi connectivity index (χ1v) is 8.42. The van der Waals surface area contributed by atoms with Crippen molar-refractivity contribution in [1.29, 1.82) is 0 Å². The van der Waals surface area contributed by atoms with Crippen LogP contribution in [0.4, 0.5) is 0 Å². The predicted molar refractivity (Wildman–Crippen MR) is 93.7 cm³/mol. The number of nitrogens with zero attached hydrogens (tertiary/aromatic N) is 5.